The summed E-state index contributed by atoms with van der Waals surface area (Å²) in [6, 6.07) is 9.19. The summed E-state index contributed by atoms with van der Waals surface area (Å²) in [5.74, 6) is 1.89. The van der Waals surface area contributed by atoms with Gasteiger partial charge in [-0.05, 0) is 31.4 Å². The molecule has 0 spiro atoms. The molecule has 160 valence electrons. The van der Waals surface area contributed by atoms with E-state index in [9.17, 15) is 0 Å². The molecule has 3 rings (SSSR count). The van der Waals surface area contributed by atoms with Gasteiger partial charge in [-0.25, -0.2) is 0 Å². The highest BCUT2D eigenvalue weighted by atomic mass is 127. The van der Waals surface area contributed by atoms with E-state index in [2.05, 4.69) is 75.3 Å². The number of halogens is 1. The number of aryl methyl sites for hydroxylation is 1. The number of rotatable bonds is 8. The maximum Gasteiger partial charge on any atom is 0.191 e. The zero-order valence-electron chi connectivity index (χ0n) is 17.8. The molecule has 1 atom stereocenters. The van der Waals surface area contributed by atoms with Crippen LogP contribution in [0.2, 0.25) is 0 Å². The summed E-state index contributed by atoms with van der Waals surface area (Å²) >= 11 is 0. The van der Waals surface area contributed by atoms with Gasteiger partial charge in [-0.3, -0.25) is 9.89 Å². The summed E-state index contributed by atoms with van der Waals surface area (Å²) in [4.78, 5) is 7.35. The first-order valence-corrected chi connectivity index (χ1v) is 10.4. The molecule has 1 aromatic heterocycles. The lowest BCUT2D eigenvalue weighted by Gasteiger charge is -2.33. The predicted molar refractivity (Wildman–Crippen MR) is 129 cm³/mol. The molecule has 7 nitrogen and oxygen atoms in total. The third-order valence-electron chi connectivity index (χ3n) is 5.30. The van der Waals surface area contributed by atoms with E-state index in [-0.39, 0.29) is 24.0 Å². The van der Waals surface area contributed by atoms with E-state index in [1.54, 1.807) is 6.33 Å². The number of guanidine groups is 1. The third kappa shape index (κ3) is 6.67. The second kappa shape index (κ2) is 12.1. The Bertz CT molecular complexity index is 774. The van der Waals surface area contributed by atoms with Gasteiger partial charge in [-0.1, -0.05) is 31.2 Å². The molecule has 2 aromatic rings. The van der Waals surface area contributed by atoms with Crippen molar-refractivity contribution < 1.29 is 0 Å². The molecule has 0 saturated heterocycles. The summed E-state index contributed by atoms with van der Waals surface area (Å²) in [5, 5.41) is 14.9. The van der Waals surface area contributed by atoms with Crippen molar-refractivity contribution in [3.63, 3.8) is 0 Å². The van der Waals surface area contributed by atoms with Gasteiger partial charge in [0.05, 0.1) is 6.54 Å². The number of hydrogen-bond donors (Lipinski definition) is 2. The van der Waals surface area contributed by atoms with Gasteiger partial charge in [0.1, 0.15) is 12.2 Å². The first-order chi connectivity index (χ1) is 13.7. The number of aliphatic imine (C=N–C) groups is 1. The Morgan fingerprint density at radius 2 is 2.00 bits per heavy atom. The van der Waals surface area contributed by atoms with Gasteiger partial charge in [0.25, 0.3) is 0 Å². The van der Waals surface area contributed by atoms with Gasteiger partial charge in [-0.2, -0.15) is 0 Å². The highest BCUT2D eigenvalue weighted by Gasteiger charge is 2.20. The minimum atomic E-state index is 0. The molecule has 2 N–H and O–H groups in total. The lowest BCUT2D eigenvalue weighted by molar-refractivity contribution is 0.195. The number of nitrogens with one attached hydrogen (secondary N) is 2. The Morgan fingerprint density at radius 1 is 1.21 bits per heavy atom. The number of aromatic nitrogens is 3. The highest BCUT2D eigenvalue weighted by molar-refractivity contribution is 14.0. The minimum absolute atomic E-state index is 0. The Labute approximate surface area is 191 Å². The van der Waals surface area contributed by atoms with Crippen LogP contribution in [-0.2, 0) is 25.9 Å². The van der Waals surface area contributed by atoms with Crippen LogP contribution >= 0.6 is 24.0 Å². The van der Waals surface area contributed by atoms with Crippen LogP contribution in [0.15, 0.2) is 35.6 Å². The lowest BCUT2D eigenvalue weighted by atomic mass is 9.99. The van der Waals surface area contributed by atoms with Crippen molar-refractivity contribution in [2.24, 2.45) is 4.99 Å². The molecule has 2 heterocycles. The molecule has 1 aromatic carbocycles. The van der Waals surface area contributed by atoms with Crippen LogP contribution in [-0.4, -0.2) is 57.8 Å². The summed E-state index contributed by atoms with van der Waals surface area (Å²) in [6.45, 7) is 11.8. The molecule has 0 amide bonds. The molecular formula is C21H34IN7. The topological polar surface area (TPSA) is 70.4 Å². The molecule has 29 heavy (non-hydrogen) atoms. The van der Waals surface area contributed by atoms with Crippen molar-refractivity contribution in [3.8, 4) is 0 Å². The maximum atomic E-state index is 4.82. The first-order valence-electron chi connectivity index (χ1n) is 10.4. The van der Waals surface area contributed by atoms with Crippen molar-refractivity contribution in [2.75, 3.05) is 26.2 Å². The smallest absolute Gasteiger partial charge is 0.191 e. The van der Waals surface area contributed by atoms with E-state index >= 15 is 0 Å². The van der Waals surface area contributed by atoms with E-state index in [1.807, 2.05) is 0 Å². The van der Waals surface area contributed by atoms with E-state index in [0.717, 1.165) is 63.9 Å². The Morgan fingerprint density at radius 3 is 2.76 bits per heavy atom. The maximum absolute atomic E-state index is 4.82. The monoisotopic (exact) mass is 511 g/mol. The largest absolute Gasteiger partial charge is 0.357 e. The average molecular weight is 511 g/mol. The highest BCUT2D eigenvalue weighted by Crippen LogP contribution is 2.20. The molecule has 8 heteroatoms. The summed E-state index contributed by atoms with van der Waals surface area (Å²) < 4.78 is 2.09. The predicted octanol–water partition coefficient (Wildman–Crippen LogP) is 2.46. The molecular weight excluding hydrogens is 477 g/mol. The Balaban J connectivity index is 0.00000300. The second-order valence-electron chi connectivity index (χ2n) is 7.28. The average Bonchev–Trinajstić information content (AvgIpc) is 3.19. The van der Waals surface area contributed by atoms with Crippen LogP contribution in [0.4, 0.5) is 0 Å². The number of fused-ring (bicyclic) bond motifs is 1. The molecule has 0 aliphatic carbocycles. The standard InChI is InChI=1S/C21H33N7.HI/c1-4-20-26-25-16-28(20)13-11-23-21(22-5-2)24-14-17(3)27-12-10-18-8-6-7-9-19(18)15-27;/h6-9,16-17H,4-5,10-15H2,1-3H3,(H2,22,23,24);1H. The number of hydrogen-bond acceptors (Lipinski definition) is 4. The zero-order chi connectivity index (χ0) is 19.8. The molecule has 0 saturated carbocycles. The van der Waals surface area contributed by atoms with E-state index in [1.165, 1.54) is 11.1 Å². The fourth-order valence-electron chi connectivity index (χ4n) is 3.61. The van der Waals surface area contributed by atoms with Crippen LogP contribution in [0.25, 0.3) is 0 Å². The first kappa shape index (κ1) is 23.6. The van der Waals surface area contributed by atoms with Gasteiger partial charge in [0.15, 0.2) is 5.96 Å². The minimum Gasteiger partial charge on any atom is -0.357 e. The van der Waals surface area contributed by atoms with Gasteiger partial charge in [-0.15, -0.1) is 34.2 Å². The fourth-order valence-corrected chi connectivity index (χ4v) is 3.61. The van der Waals surface area contributed by atoms with E-state index in [0.29, 0.717) is 6.04 Å². The quantitative estimate of drug-likeness (QED) is 0.324. The Hall–Kier alpha value is -1.68. The van der Waals surface area contributed by atoms with Crippen LogP contribution in [0, 0.1) is 0 Å². The molecule has 1 aliphatic rings. The third-order valence-corrected chi connectivity index (χ3v) is 5.30. The normalized spacial score (nSPS) is 15.3. The van der Waals surface area contributed by atoms with Crippen LogP contribution in [0.5, 0.6) is 0 Å². The van der Waals surface area contributed by atoms with Crippen molar-refractivity contribution in [1.82, 2.24) is 30.3 Å². The zero-order valence-corrected chi connectivity index (χ0v) is 20.1. The van der Waals surface area contributed by atoms with E-state index in [4.69, 9.17) is 4.99 Å². The van der Waals surface area contributed by atoms with Gasteiger partial charge in [0, 0.05) is 45.2 Å². The van der Waals surface area contributed by atoms with Crippen LogP contribution in [0.3, 0.4) is 0 Å². The van der Waals surface area contributed by atoms with Crippen molar-refractivity contribution >= 4 is 29.9 Å². The molecule has 1 unspecified atom stereocenters. The molecule has 1 aliphatic heterocycles. The fraction of sp³-hybridized carbons (Fsp3) is 0.571. The summed E-state index contributed by atoms with van der Waals surface area (Å²) in [6.07, 6.45) is 3.81. The van der Waals surface area contributed by atoms with Crippen LogP contribution in [0.1, 0.15) is 37.7 Å². The van der Waals surface area contributed by atoms with Gasteiger partial charge < -0.3 is 15.2 Å². The van der Waals surface area contributed by atoms with E-state index < -0.39 is 0 Å². The summed E-state index contributed by atoms with van der Waals surface area (Å²) in [7, 11) is 0. The van der Waals surface area contributed by atoms with Crippen molar-refractivity contribution in [3.05, 3.63) is 47.5 Å². The molecule has 0 radical (unpaired) electrons. The van der Waals surface area contributed by atoms with Crippen molar-refractivity contribution in [2.45, 2.75) is 52.7 Å². The van der Waals surface area contributed by atoms with Gasteiger partial charge >= 0.3 is 0 Å². The Kier molecular flexibility index (Phi) is 9.86. The summed E-state index contributed by atoms with van der Waals surface area (Å²) in [5.41, 5.74) is 2.94. The van der Waals surface area contributed by atoms with Gasteiger partial charge in [0.2, 0.25) is 0 Å². The van der Waals surface area contributed by atoms with Crippen LogP contribution < -0.4 is 10.6 Å². The number of nitrogens with zero attached hydrogens (tertiary/aromatic N) is 5. The second-order valence-corrected chi connectivity index (χ2v) is 7.28. The lowest BCUT2D eigenvalue weighted by Crippen LogP contribution is -2.42. The van der Waals surface area contributed by atoms with Crippen molar-refractivity contribution in [1.29, 1.82) is 0 Å². The molecule has 0 fully saturated rings. The molecule has 0 bridgehead atoms. The number of benzene rings is 1. The SMILES string of the molecule is CCNC(=NCC(C)N1CCc2ccccc2C1)NCCn1cnnc1CC.I.